The molecule has 1 heterocycles. The summed E-state index contributed by atoms with van der Waals surface area (Å²) in [7, 11) is 0. The lowest BCUT2D eigenvalue weighted by Crippen LogP contribution is -2.47. The van der Waals surface area contributed by atoms with Crippen molar-refractivity contribution in [3.05, 3.63) is 75.2 Å². The van der Waals surface area contributed by atoms with Gasteiger partial charge in [-0.25, -0.2) is 14.6 Å². The van der Waals surface area contributed by atoms with Crippen molar-refractivity contribution in [3.63, 3.8) is 0 Å². The van der Waals surface area contributed by atoms with Crippen LogP contribution >= 0.6 is 11.3 Å². The van der Waals surface area contributed by atoms with Gasteiger partial charge in [-0.2, -0.15) is 0 Å². The Kier molecular flexibility index (Phi) is 7.13. The zero-order chi connectivity index (χ0) is 25.1. The Morgan fingerprint density at radius 2 is 1.69 bits per heavy atom. The van der Waals surface area contributed by atoms with Crippen LogP contribution < -0.4 is 10.6 Å². The number of aliphatic hydroxyl groups excluding tert-OH is 1. The van der Waals surface area contributed by atoms with Gasteiger partial charge in [0.2, 0.25) is 0 Å². The van der Waals surface area contributed by atoms with E-state index in [9.17, 15) is 19.5 Å². The number of benzene rings is 2. The molecule has 0 spiro atoms. The van der Waals surface area contributed by atoms with Crippen LogP contribution in [0, 0.1) is 6.92 Å². The molecule has 2 aromatic carbocycles. The fourth-order valence-electron chi connectivity index (χ4n) is 4.13. The van der Waals surface area contributed by atoms with Crippen LogP contribution in [-0.4, -0.2) is 51.9 Å². The Hall–Kier alpha value is -3.76. The van der Waals surface area contributed by atoms with E-state index in [-0.39, 0.29) is 23.9 Å². The van der Waals surface area contributed by atoms with Crippen LogP contribution in [0.5, 0.6) is 0 Å². The largest absolute Gasteiger partial charge is 0.480 e. The van der Waals surface area contributed by atoms with Gasteiger partial charge in [-0.1, -0.05) is 48.5 Å². The van der Waals surface area contributed by atoms with E-state index in [4.69, 9.17) is 9.84 Å². The zero-order valence-corrected chi connectivity index (χ0v) is 20.0. The second-order valence-corrected chi connectivity index (χ2v) is 9.31. The third-order valence-electron chi connectivity index (χ3n) is 5.81. The molecule has 182 valence electrons. The van der Waals surface area contributed by atoms with Gasteiger partial charge in [0.15, 0.2) is 6.04 Å². The number of fused-ring (bicyclic) bond motifs is 3. The van der Waals surface area contributed by atoms with Gasteiger partial charge >= 0.3 is 12.1 Å². The number of carboxylic acid groups (broad SMARTS) is 1. The molecule has 9 nitrogen and oxygen atoms in total. The van der Waals surface area contributed by atoms with Gasteiger partial charge in [0.05, 0.1) is 18.3 Å². The molecule has 4 rings (SSSR count). The molecule has 35 heavy (non-hydrogen) atoms. The predicted molar refractivity (Wildman–Crippen MR) is 129 cm³/mol. The highest BCUT2D eigenvalue weighted by Crippen LogP contribution is 2.44. The summed E-state index contributed by atoms with van der Waals surface area (Å²) in [6, 6.07) is 14.7. The minimum Gasteiger partial charge on any atom is -0.480 e. The Balaban J connectivity index is 1.35. The molecule has 1 aromatic heterocycles. The lowest BCUT2D eigenvalue weighted by molar-refractivity contribution is -0.141. The Labute approximate surface area is 205 Å². The predicted octanol–water partition coefficient (Wildman–Crippen LogP) is 3.05. The number of nitrogens with zero attached hydrogens (tertiary/aromatic N) is 1. The summed E-state index contributed by atoms with van der Waals surface area (Å²) >= 11 is 1.03. The van der Waals surface area contributed by atoms with Crippen LogP contribution in [0.4, 0.5) is 4.79 Å². The fourth-order valence-corrected chi connectivity index (χ4v) is 5.04. The molecular weight excluding hydrogens is 470 g/mol. The molecule has 10 heteroatoms. The van der Waals surface area contributed by atoms with Crippen molar-refractivity contribution >= 4 is 29.3 Å². The number of rotatable bonds is 8. The number of alkyl carbamates (subject to hydrolysis) is 1. The maximum atomic E-state index is 12.5. The van der Waals surface area contributed by atoms with Gasteiger partial charge < -0.3 is 25.6 Å². The Bertz CT molecular complexity index is 1230. The van der Waals surface area contributed by atoms with E-state index in [0.717, 1.165) is 33.6 Å². The number of carbonyl (C=O) groups is 3. The van der Waals surface area contributed by atoms with Crippen LogP contribution in [0.1, 0.15) is 44.3 Å². The first-order valence-corrected chi connectivity index (χ1v) is 11.8. The normalized spacial score (nSPS) is 13.9. The molecule has 0 radical (unpaired) electrons. The molecule has 4 N–H and O–H groups in total. The number of aromatic nitrogens is 1. The molecule has 0 bridgehead atoms. The average molecular weight is 496 g/mol. The molecule has 1 aliphatic carbocycles. The maximum Gasteiger partial charge on any atom is 0.407 e. The standard InChI is InChI=1S/C25H25N3O6S/c1-13-22(23(30)28-21(14(2)29)24(31)32)35-20(27-13)11-26-25(33)34-12-19-17-9-5-3-7-15(17)16-8-4-6-10-18(16)19/h3-10,14,19,21,29H,11-12H2,1-2H3,(H,26,33)(H,28,30)(H,31,32). The van der Waals surface area contributed by atoms with Crippen LogP contribution in [0.25, 0.3) is 11.1 Å². The van der Waals surface area contributed by atoms with E-state index >= 15 is 0 Å². The van der Waals surface area contributed by atoms with Crippen molar-refractivity contribution in [3.8, 4) is 11.1 Å². The molecule has 0 saturated carbocycles. The number of nitrogens with one attached hydrogen (secondary N) is 2. The maximum absolute atomic E-state index is 12.5. The molecule has 2 atom stereocenters. The highest BCUT2D eigenvalue weighted by molar-refractivity contribution is 7.13. The summed E-state index contributed by atoms with van der Waals surface area (Å²) in [4.78, 5) is 40.6. The van der Waals surface area contributed by atoms with Crippen molar-refractivity contribution in [1.29, 1.82) is 0 Å². The first-order valence-electron chi connectivity index (χ1n) is 11.0. The molecule has 0 saturated heterocycles. The van der Waals surface area contributed by atoms with E-state index in [1.165, 1.54) is 6.92 Å². The number of thiazole rings is 1. The van der Waals surface area contributed by atoms with E-state index in [1.54, 1.807) is 6.92 Å². The minimum absolute atomic E-state index is 0.0498. The lowest BCUT2D eigenvalue weighted by atomic mass is 9.98. The summed E-state index contributed by atoms with van der Waals surface area (Å²) in [5, 5.41) is 24.1. The quantitative estimate of drug-likeness (QED) is 0.377. The zero-order valence-electron chi connectivity index (χ0n) is 19.1. The van der Waals surface area contributed by atoms with Gasteiger partial charge in [-0.05, 0) is 36.1 Å². The number of hydrogen-bond acceptors (Lipinski definition) is 7. The van der Waals surface area contributed by atoms with Gasteiger partial charge in [0.1, 0.15) is 16.5 Å². The highest BCUT2D eigenvalue weighted by atomic mass is 32.1. The highest BCUT2D eigenvalue weighted by Gasteiger charge is 2.29. The smallest absolute Gasteiger partial charge is 0.407 e. The van der Waals surface area contributed by atoms with Gasteiger partial charge in [0.25, 0.3) is 5.91 Å². The summed E-state index contributed by atoms with van der Waals surface area (Å²) in [6.07, 6.45) is -1.87. The number of amides is 2. The van der Waals surface area contributed by atoms with Crippen LogP contribution in [-0.2, 0) is 16.1 Å². The summed E-state index contributed by atoms with van der Waals surface area (Å²) in [5.41, 5.74) is 4.91. The van der Waals surface area contributed by atoms with Crippen molar-refractivity contribution in [2.45, 2.75) is 38.5 Å². The molecule has 3 aromatic rings. The monoisotopic (exact) mass is 495 g/mol. The number of aliphatic carboxylic acids is 1. The van der Waals surface area contributed by atoms with Gasteiger partial charge in [-0.3, -0.25) is 4.79 Å². The lowest BCUT2D eigenvalue weighted by Gasteiger charge is -2.16. The Morgan fingerprint density at radius 1 is 1.09 bits per heavy atom. The average Bonchev–Trinajstić information content (AvgIpc) is 3.37. The number of aliphatic hydroxyl groups is 1. The van der Waals surface area contributed by atoms with Crippen molar-refractivity contribution in [2.24, 2.45) is 0 Å². The van der Waals surface area contributed by atoms with Gasteiger partial charge in [-0.15, -0.1) is 11.3 Å². The van der Waals surface area contributed by atoms with Crippen molar-refractivity contribution in [1.82, 2.24) is 15.6 Å². The van der Waals surface area contributed by atoms with E-state index < -0.39 is 30.1 Å². The van der Waals surface area contributed by atoms with Crippen LogP contribution in [0.15, 0.2) is 48.5 Å². The molecule has 2 unspecified atom stereocenters. The second kappa shape index (κ2) is 10.2. The number of ether oxygens (including phenoxy) is 1. The third-order valence-corrected chi connectivity index (χ3v) is 6.97. The molecule has 1 aliphatic rings. The van der Waals surface area contributed by atoms with Crippen LogP contribution in [0.3, 0.4) is 0 Å². The summed E-state index contributed by atoms with van der Waals surface area (Å²) in [6.45, 7) is 3.12. The minimum atomic E-state index is -1.44. The van der Waals surface area contributed by atoms with Gasteiger partial charge in [0, 0.05) is 5.92 Å². The van der Waals surface area contributed by atoms with Crippen molar-refractivity contribution < 1.29 is 29.3 Å². The number of carbonyl (C=O) groups excluding carboxylic acids is 2. The molecule has 0 fully saturated rings. The van der Waals surface area contributed by atoms with Crippen LogP contribution in [0.2, 0.25) is 0 Å². The van der Waals surface area contributed by atoms with E-state index in [2.05, 4.69) is 27.8 Å². The first kappa shape index (κ1) is 24.4. The molecular formula is C25H25N3O6S. The molecule has 0 aliphatic heterocycles. The van der Waals surface area contributed by atoms with E-state index in [0.29, 0.717) is 10.7 Å². The first-order chi connectivity index (χ1) is 16.8. The van der Waals surface area contributed by atoms with Crippen molar-refractivity contribution in [2.75, 3.05) is 6.61 Å². The summed E-state index contributed by atoms with van der Waals surface area (Å²) < 4.78 is 5.51. The molecule has 2 amide bonds. The number of carboxylic acids is 1. The van der Waals surface area contributed by atoms with E-state index in [1.807, 2.05) is 36.4 Å². The number of aryl methyl sites for hydroxylation is 1. The fraction of sp³-hybridized carbons (Fsp3) is 0.280. The third kappa shape index (κ3) is 5.18. The Morgan fingerprint density at radius 3 is 2.26 bits per heavy atom. The number of hydrogen-bond donors (Lipinski definition) is 4. The summed E-state index contributed by atoms with van der Waals surface area (Å²) in [5.74, 6) is -2.05. The topological polar surface area (TPSA) is 138 Å². The second-order valence-electron chi connectivity index (χ2n) is 8.23. The SMILES string of the molecule is Cc1nc(CNC(=O)OCC2c3ccccc3-c3ccccc32)sc1C(=O)NC(C(=O)O)C(C)O.